The molecule has 0 radical (unpaired) electrons. The molecule has 0 bridgehead atoms. The van der Waals surface area contributed by atoms with Gasteiger partial charge in [0.1, 0.15) is 18.2 Å². The van der Waals surface area contributed by atoms with Gasteiger partial charge in [-0.3, -0.25) is 15.1 Å². The van der Waals surface area contributed by atoms with Crippen LogP contribution in [0.2, 0.25) is 5.02 Å². The van der Waals surface area contributed by atoms with E-state index in [-0.39, 0.29) is 11.4 Å². The average molecular weight is 475 g/mol. The summed E-state index contributed by atoms with van der Waals surface area (Å²) >= 11 is 11.0. The second kappa shape index (κ2) is 7.95. The van der Waals surface area contributed by atoms with Gasteiger partial charge in [-0.2, -0.15) is 4.99 Å². The van der Waals surface area contributed by atoms with Crippen LogP contribution in [0.3, 0.4) is 0 Å². The molecule has 2 aromatic carbocycles. The molecule has 5 nitrogen and oxygen atoms in total. The van der Waals surface area contributed by atoms with E-state index in [9.17, 15) is 4.79 Å². The standard InChI is InChI=1S/C20H13BrClN3O2S/c21-15-10-12(5-6-17(15)27-11-13-3-1-2-4-16(13)22)9-14-18(23)25-7-8-28-20(25)24-19(14)26/h1-10,23H,11H2/b14-9+,23-18?. The van der Waals surface area contributed by atoms with Crippen molar-refractivity contribution in [3.8, 4) is 5.75 Å². The van der Waals surface area contributed by atoms with Crippen molar-refractivity contribution in [3.05, 3.63) is 80.3 Å². The van der Waals surface area contributed by atoms with Gasteiger partial charge in [0.15, 0.2) is 5.17 Å². The van der Waals surface area contributed by atoms with Crippen LogP contribution < -0.4 is 4.74 Å². The zero-order valence-corrected chi connectivity index (χ0v) is 17.5. The van der Waals surface area contributed by atoms with Gasteiger partial charge in [-0.1, -0.05) is 47.6 Å². The number of thioether (sulfide) groups is 1. The van der Waals surface area contributed by atoms with Crippen molar-refractivity contribution in [1.82, 2.24) is 4.90 Å². The van der Waals surface area contributed by atoms with Crippen LogP contribution in [-0.4, -0.2) is 21.8 Å². The number of ether oxygens (including phenoxy) is 1. The minimum atomic E-state index is -0.414. The topological polar surface area (TPSA) is 65.8 Å². The first-order chi connectivity index (χ1) is 13.5. The molecule has 2 aromatic rings. The molecule has 0 saturated heterocycles. The van der Waals surface area contributed by atoms with Crippen LogP contribution in [0.5, 0.6) is 5.75 Å². The van der Waals surface area contributed by atoms with Crippen molar-refractivity contribution in [2.24, 2.45) is 4.99 Å². The lowest BCUT2D eigenvalue weighted by molar-refractivity contribution is -0.114. The summed E-state index contributed by atoms with van der Waals surface area (Å²) in [6.45, 7) is 0.346. The Hall–Kier alpha value is -2.35. The first-order valence-electron chi connectivity index (χ1n) is 8.25. The minimum absolute atomic E-state index is 0.117. The van der Waals surface area contributed by atoms with E-state index >= 15 is 0 Å². The van der Waals surface area contributed by atoms with Crippen LogP contribution in [0.15, 0.2) is 69.1 Å². The number of aliphatic imine (C=N–C) groups is 1. The molecule has 0 aliphatic carbocycles. The van der Waals surface area contributed by atoms with Crippen LogP contribution in [0.25, 0.3) is 6.08 Å². The van der Waals surface area contributed by atoms with Crippen molar-refractivity contribution < 1.29 is 9.53 Å². The molecule has 0 saturated carbocycles. The van der Waals surface area contributed by atoms with Gasteiger partial charge < -0.3 is 4.74 Å². The Kier molecular flexibility index (Phi) is 5.39. The third kappa shape index (κ3) is 3.78. The number of carbonyl (C=O) groups is 1. The lowest BCUT2D eigenvalue weighted by atomic mass is 10.1. The first-order valence-corrected chi connectivity index (χ1v) is 10.3. The second-order valence-electron chi connectivity index (χ2n) is 5.95. The van der Waals surface area contributed by atoms with Gasteiger partial charge in [0.2, 0.25) is 0 Å². The van der Waals surface area contributed by atoms with E-state index in [1.165, 1.54) is 11.8 Å². The Balaban J connectivity index is 1.54. The maximum absolute atomic E-state index is 12.3. The number of amides is 1. The lowest BCUT2D eigenvalue weighted by Crippen LogP contribution is -2.35. The third-order valence-corrected chi connectivity index (χ3v) is 5.87. The third-order valence-electron chi connectivity index (χ3n) is 4.12. The summed E-state index contributed by atoms with van der Waals surface area (Å²) in [7, 11) is 0. The van der Waals surface area contributed by atoms with Crippen LogP contribution in [0.4, 0.5) is 0 Å². The van der Waals surface area contributed by atoms with E-state index in [4.69, 9.17) is 21.7 Å². The molecule has 0 aromatic heterocycles. The van der Waals surface area contributed by atoms with Crippen LogP contribution in [-0.2, 0) is 11.4 Å². The SMILES string of the molecule is N=C1/C(=C\c2ccc(OCc3ccccc3Cl)c(Br)c2)C(=O)N=C2SC=CN12. The fraction of sp³-hybridized carbons (Fsp3) is 0.0500. The molecule has 2 heterocycles. The molecule has 2 aliphatic heterocycles. The summed E-state index contributed by atoms with van der Waals surface area (Å²) in [5.74, 6) is 0.361. The predicted octanol–water partition coefficient (Wildman–Crippen LogP) is 5.46. The molecule has 140 valence electrons. The molecular weight excluding hydrogens is 462 g/mol. The number of hydrogen-bond donors (Lipinski definition) is 1. The van der Waals surface area contributed by atoms with E-state index in [0.29, 0.717) is 22.5 Å². The predicted molar refractivity (Wildman–Crippen MR) is 117 cm³/mol. The van der Waals surface area contributed by atoms with Gasteiger partial charge in [0.05, 0.1) is 10.0 Å². The van der Waals surface area contributed by atoms with Crippen molar-refractivity contribution >= 4 is 62.3 Å². The Morgan fingerprint density at radius 2 is 2.11 bits per heavy atom. The Morgan fingerprint density at radius 3 is 2.89 bits per heavy atom. The van der Waals surface area contributed by atoms with Gasteiger partial charge in [0, 0.05) is 16.8 Å². The molecule has 0 unspecified atom stereocenters. The monoisotopic (exact) mass is 473 g/mol. The maximum atomic E-state index is 12.3. The van der Waals surface area contributed by atoms with E-state index in [2.05, 4.69) is 20.9 Å². The number of amidine groups is 2. The number of hydrogen-bond acceptors (Lipinski definition) is 4. The van der Waals surface area contributed by atoms with Crippen molar-refractivity contribution in [2.45, 2.75) is 6.61 Å². The number of nitrogens with one attached hydrogen (secondary N) is 1. The molecule has 4 rings (SSSR count). The molecule has 1 N–H and O–H groups in total. The summed E-state index contributed by atoms with van der Waals surface area (Å²) in [5, 5.41) is 11.2. The zero-order valence-electron chi connectivity index (χ0n) is 14.4. The molecule has 28 heavy (non-hydrogen) atoms. The Morgan fingerprint density at radius 1 is 1.29 bits per heavy atom. The van der Waals surface area contributed by atoms with Gasteiger partial charge in [-0.15, -0.1) is 0 Å². The van der Waals surface area contributed by atoms with E-state index in [1.54, 1.807) is 22.6 Å². The number of benzene rings is 2. The molecular formula is C20H13BrClN3O2S. The van der Waals surface area contributed by atoms with E-state index < -0.39 is 5.91 Å². The number of rotatable bonds is 4. The Labute approximate surface area is 179 Å². The quantitative estimate of drug-likeness (QED) is 0.598. The second-order valence-corrected chi connectivity index (χ2v) is 8.08. The van der Waals surface area contributed by atoms with Gasteiger partial charge in [-0.05, 0) is 51.2 Å². The summed E-state index contributed by atoms with van der Waals surface area (Å²) in [6.07, 6.45) is 3.39. The molecule has 8 heteroatoms. The fourth-order valence-electron chi connectivity index (χ4n) is 2.69. The molecule has 0 spiro atoms. The lowest BCUT2D eigenvalue weighted by Gasteiger charge is -2.22. The van der Waals surface area contributed by atoms with Crippen LogP contribution in [0, 0.1) is 5.41 Å². The highest BCUT2D eigenvalue weighted by molar-refractivity contribution is 9.10. The van der Waals surface area contributed by atoms with Gasteiger partial charge in [-0.25, -0.2) is 0 Å². The highest BCUT2D eigenvalue weighted by Gasteiger charge is 2.30. The molecule has 2 aliphatic rings. The zero-order chi connectivity index (χ0) is 19.7. The number of fused-ring (bicyclic) bond motifs is 1. The molecule has 1 amide bonds. The molecule has 0 fully saturated rings. The van der Waals surface area contributed by atoms with Crippen LogP contribution in [0.1, 0.15) is 11.1 Å². The van der Waals surface area contributed by atoms with E-state index in [0.717, 1.165) is 15.6 Å². The number of nitrogens with zero attached hydrogens (tertiary/aromatic N) is 2. The van der Waals surface area contributed by atoms with Crippen molar-refractivity contribution in [1.29, 1.82) is 5.41 Å². The summed E-state index contributed by atoms with van der Waals surface area (Å²) in [4.78, 5) is 17.9. The number of halogens is 2. The number of carbonyl (C=O) groups excluding carboxylic acids is 1. The normalized spacial score (nSPS) is 17.1. The minimum Gasteiger partial charge on any atom is -0.488 e. The first kappa shape index (κ1) is 19.0. The van der Waals surface area contributed by atoms with Crippen molar-refractivity contribution in [2.75, 3.05) is 0 Å². The largest absolute Gasteiger partial charge is 0.488 e. The molecule has 0 atom stereocenters. The summed E-state index contributed by atoms with van der Waals surface area (Å²) in [5.41, 5.74) is 1.90. The fourth-order valence-corrected chi connectivity index (χ4v) is 4.10. The summed E-state index contributed by atoms with van der Waals surface area (Å²) < 4.78 is 6.58. The smallest absolute Gasteiger partial charge is 0.283 e. The average Bonchev–Trinajstić information content (AvgIpc) is 3.14. The maximum Gasteiger partial charge on any atom is 0.283 e. The van der Waals surface area contributed by atoms with Gasteiger partial charge in [0.25, 0.3) is 5.91 Å². The highest BCUT2D eigenvalue weighted by Crippen LogP contribution is 2.30. The van der Waals surface area contributed by atoms with Crippen molar-refractivity contribution in [3.63, 3.8) is 0 Å². The van der Waals surface area contributed by atoms with E-state index in [1.807, 2.05) is 42.5 Å². The van der Waals surface area contributed by atoms with Crippen LogP contribution >= 0.6 is 39.3 Å². The highest BCUT2D eigenvalue weighted by atomic mass is 79.9. The summed E-state index contributed by atoms with van der Waals surface area (Å²) in [6, 6.07) is 13.0. The Bertz CT molecular complexity index is 1080. The van der Waals surface area contributed by atoms with Gasteiger partial charge >= 0.3 is 0 Å².